The molecule has 0 unspecified atom stereocenters. The van der Waals surface area contributed by atoms with E-state index in [1.54, 1.807) is 6.07 Å². The second-order valence-electron chi connectivity index (χ2n) is 4.65. The summed E-state index contributed by atoms with van der Waals surface area (Å²) in [6.07, 6.45) is 0.940. The van der Waals surface area contributed by atoms with E-state index >= 15 is 0 Å². The van der Waals surface area contributed by atoms with Crippen molar-refractivity contribution in [1.29, 1.82) is 0 Å². The van der Waals surface area contributed by atoms with E-state index in [2.05, 4.69) is 16.0 Å². The topological polar surface area (TPSA) is 70.3 Å². The summed E-state index contributed by atoms with van der Waals surface area (Å²) in [7, 11) is 0. The highest BCUT2D eigenvalue weighted by molar-refractivity contribution is 5.64. The normalized spacial score (nSPS) is 13.1. The lowest BCUT2D eigenvalue weighted by molar-refractivity contribution is 0.128. The van der Waals surface area contributed by atoms with Gasteiger partial charge in [0.25, 0.3) is 0 Å². The molecular weight excluding hydrogens is 254 g/mol. The third kappa shape index (κ3) is 2.58. The quantitative estimate of drug-likeness (QED) is 0.923. The molecule has 2 heterocycles. The Morgan fingerprint density at radius 1 is 1.30 bits per heavy atom. The highest BCUT2D eigenvalue weighted by atomic mass is 16.5. The molecule has 5 heteroatoms. The highest BCUT2D eigenvalue weighted by Crippen LogP contribution is 2.30. The zero-order valence-electron chi connectivity index (χ0n) is 11.4. The molecule has 0 aliphatic carbocycles. The van der Waals surface area contributed by atoms with E-state index in [1.807, 2.05) is 19.1 Å². The molecule has 0 spiro atoms. The van der Waals surface area contributed by atoms with E-state index in [0.29, 0.717) is 24.9 Å². The van der Waals surface area contributed by atoms with Gasteiger partial charge in [0.2, 0.25) is 0 Å². The number of fused-ring (bicyclic) bond motifs is 1. The zero-order valence-corrected chi connectivity index (χ0v) is 11.4. The molecule has 1 aliphatic heterocycles. The third-order valence-electron chi connectivity index (χ3n) is 3.21. The minimum atomic E-state index is 0.378. The number of hydrogen-bond donors (Lipinski definition) is 1. The molecule has 0 amide bonds. The molecule has 2 N–H and O–H groups in total. The average molecular weight is 271 g/mol. The Bertz CT molecular complexity index is 629. The maximum Gasteiger partial charge on any atom is 0.157 e. The smallest absolute Gasteiger partial charge is 0.157 e. The van der Waals surface area contributed by atoms with Crippen LogP contribution in [0.2, 0.25) is 0 Å². The Labute approximate surface area is 117 Å². The fourth-order valence-corrected chi connectivity index (χ4v) is 2.27. The van der Waals surface area contributed by atoms with Gasteiger partial charge in [-0.05, 0) is 30.7 Å². The largest absolute Gasteiger partial charge is 0.493 e. The monoisotopic (exact) mass is 271 g/mol. The van der Waals surface area contributed by atoms with Crippen molar-refractivity contribution >= 4 is 5.82 Å². The van der Waals surface area contributed by atoms with Crippen LogP contribution in [0.4, 0.5) is 5.82 Å². The molecule has 0 bridgehead atoms. The number of rotatable bonds is 4. The minimum absolute atomic E-state index is 0.378. The third-order valence-corrected chi connectivity index (χ3v) is 3.21. The molecule has 0 radical (unpaired) electrons. The van der Waals surface area contributed by atoms with Gasteiger partial charge in [-0.1, -0.05) is 0 Å². The second kappa shape index (κ2) is 5.46. The van der Waals surface area contributed by atoms with E-state index < -0.39 is 0 Å². The van der Waals surface area contributed by atoms with Gasteiger partial charge >= 0.3 is 0 Å². The molecule has 1 aromatic heterocycles. The predicted molar refractivity (Wildman–Crippen MR) is 76.4 cm³/mol. The molecule has 0 atom stereocenters. The first-order chi connectivity index (χ1) is 9.76. The number of nitrogen functional groups attached to an aromatic ring is 1. The number of hydrogen-bond acceptors (Lipinski definition) is 5. The molecule has 3 rings (SSSR count). The van der Waals surface area contributed by atoms with Gasteiger partial charge in [0.1, 0.15) is 18.2 Å². The van der Waals surface area contributed by atoms with Crippen LogP contribution in [-0.4, -0.2) is 23.2 Å². The predicted octanol–water partition coefficient (Wildman–Crippen LogP) is 2.20. The molecule has 20 heavy (non-hydrogen) atoms. The van der Waals surface area contributed by atoms with Crippen molar-refractivity contribution in [3.63, 3.8) is 0 Å². The Hall–Kier alpha value is -2.14. The lowest BCUT2D eigenvalue weighted by Crippen LogP contribution is -2.03. The van der Waals surface area contributed by atoms with Crippen molar-refractivity contribution in [2.24, 2.45) is 0 Å². The number of nitrogens with zero attached hydrogens (tertiary/aromatic N) is 2. The SMILES string of the molecule is CCOCc1nc(N)cc(-c2ccc3c(c2)CCO3)n1. The first-order valence-electron chi connectivity index (χ1n) is 6.73. The van der Waals surface area contributed by atoms with Gasteiger partial charge in [-0.25, -0.2) is 9.97 Å². The van der Waals surface area contributed by atoms with Crippen LogP contribution >= 0.6 is 0 Å². The van der Waals surface area contributed by atoms with Crippen LogP contribution in [-0.2, 0) is 17.8 Å². The Balaban J connectivity index is 1.94. The number of ether oxygens (including phenoxy) is 2. The first-order valence-corrected chi connectivity index (χ1v) is 6.73. The van der Waals surface area contributed by atoms with Crippen molar-refractivity contribution in [2.75, 3.05) is 18.9 Å². The summed E-state index contributed by atoms with van der Waals surface area (Å²) in [6.45, 7) is 3.69. The molecule has 0 fully saturated rings. The Kier molecular flexibility index (Phi) is 3.52. The van der Waals surface area contributed by atoms with Gasteiger partial charge in [0, 0.05) is 24.7 Å². The maximum absolute atomic E-state index is 5.85. The fraction of sp³-hybridized carbons (Fsp3) is 0.333. The number of benzene rings is 1. The Morgan fingerprint density at radius 3 is 3.05 bits per heavy atom. The number of aromatic nitrogens is 2. The minimum Gasteiger partial charge on any atom is -0.493 e. The summed E-state index contributed by atoms with van der Waals surface area (Å²) in [5.74, 6) is 2.03. The Morgan fingerprint density at radius 2 is 2.20 bits per heavy atom. The van der Waals surface area contributed by atoms with Gasteiger partial charge in [-0.15, -0.1) is 0 Å². The molecule has 1 aromatic carbocycles. The molecule has 1 aliphatic rings. The van der Waals surface area contributed by atoms with Crippen LogP contribution < -0.4 is 10.5 Å². The summed E-state index contributed by atoms with van der Waals surface area (Å²) < 4.78 is 10.9. The van der Waals surface area contributed by atoms with E-state index in [1.165, 1.54) is 5.56 Å². The van der Waals surface area contributed by atoms with Crippen molar-refractivity contribution in [2.45, 2.75) is 20.0 Å². The van der Waals surface area contributed by atoms with E-state index in [-0.39, 0.29) is 0 Å². The van der Waals surface area contributed by atoms with Crippen LogP contribution in [0.15, 0.2) is 24.3 Å². The summed E-state index contributed by atoms with van der Waals surface area (Å²) in [6, 6.07) is 7.87. The van der Waals surface area contributed by atoms with Gasteiger partial charge in [0.15, 0.2) is 5.82 Å². The van der Waals surface area contributed by atoms with Gasteiger partial charge < -0.3 is 15.2 Å². The van der Waals surface area contributed by atoms with Crippen molar-refractivity contribution in [3.8, 4) is 17.0 Å². The van der Waals surface area contributed by atoms with Gasteiger partial charge in [-0.3, -0.25) is 0 Å². The maximum atomic E-state index is 5.85. The highest BCUT2D eigenvalue weighted by Gasteiger charge is 2.14. The van der Waals surface area contributed by atoms with Crippen LogP contribution in [0.25, 0.3) is 11.3 Å². The molecule has 2 aromatic rings. The van der Waals surface area contributed by atoms with Crippen molar-refractivity contribution in [3.05, 3.63) is 35.7 Å². The molecule has 0 saturated heterocycles. The van der Waals surface area contributed by atoms with Crippen molar-refractivity contribution < 1.29 is 9.47 Å². The summed E-state index contributed by atoms with van der Waals surface area (Å²) in [4.78, 5) is 8.70. The summed E-state index contributed by atoms with van der Waals surface area (Å²) in [5.41, 5.74) is 8.91. The van der Waals surface area contributed by atoms with Crippen molar-refractivity contribution in [1.82, 2.24) is 9.97 Å². The lowest BCUT2D eigenvalue weighted by Gasteiger charge is -2.07. The van der Waals surface area contributed by atoms with Crippen LogP contribution in [0.5, 0.6) is 5.75 Å². The molecule has 0 saturated carbocycles. The summed E-state index contributed by atoms with van der Waals surface area (Å²) in [5, 5.41) is 0. The lowest BCUT2D eigenvalue weighted by atomic mass is 10.1. The molecule has 104 valence electrons. The summed E-state index contributed by atoms with van der Waals surface area (Å²) >= 11 is 0. The van der Waals surface area contributed by atoms with E-state index in [0.717, 1.165) is 30.0 Å². The standard InChI is InChI=1S/C15H17N3O2/c1-2-19-9-15-17-12(8-14(16)18-15)10-3-4-13-11(7-10)5-6-20-13/h3-4,7-8H,2,5-6,9H2,1H3,(H2,16,17,18). The number of anilines is 1. The van der Waals surface area contributed by atoms with Gasteiger partial charge in [-0.2, -0.15) is 0 Å². The van der Waals surface area contributed by atoms with E-state index in [4.69, 9.17) is 15.2 Å². The molecular formula is C15H17N3O2. The van der Waals surface area contributed by atoms with Gasteiger partial charge in [0.05, 0.1) is 12.3 Å². The van der Waals surface area contributed by atoms with Crippen LogP contribution in [0, 0.1) is 0 Å². The average Bonchev–Trinajstić information content (AvgIpc) is 2.92. The van der Waals surface area contributed by atoms with Crippen LogP contribution in [0.3, 0.4) is 0 Å². The second-order valence-corrected chi connectivity index (χ2v) is 4.65. The fourth-order valence-electron chi connectivity index (χ4n) is 2.27. The zero-order chi connectivity index (χ0) is 13.9. The van der Waals surface area contributed by atoms with E-state index in [9.17, 15) is 0 Å². The molecule has 5 nitrogen and oxygen atoms in total. The first kappa shape index (κ1) is 12.9. The number of nitrogens with two attached hydrogens (primary N) is 1. The van der Waals surface area contributed by atoms with Crippen LogP contribution in [0.1, 0.15) is 18.3 Å².